The first-order valence-electron chi connectivity index (χ1n) is 9.76. The van der Waals surface area contributed by atoms with Gasteiger partial charge >= 0.3 is 0 Å². The van der Waals surface area contributed by atoms with E-state index in [-0.39, 0.29) is 0 Å². The molecule has 27 heavy (non-hydrogen) atoms. The molecule has 2 rings (SSSR count). The first-order valence-corrected chi connectivity index (χ1v) is 9.76. The number of hydrogen-bond donors (Lipinski definition) is 2. The Hall–Kier alpha value is -2.41. The van der Waals surface area contributed by atoms with Gasteiger partial charge in [-0.2, -0.15) is 0 Å². The van der Waals surface area contributed by atoms with Crippen molar-refractivity contribution in [1.29, 1.82) is 0 Å². The molecular weight excluding hydrogens is 338 g/mol. The van der Waals surface area contributed by atoms with Gasteiger partial charge in [0, 0.05) is 20.1 Å². The smallest absolute Gasteiger partial charge is 0.191 e. The van der Waals surface area contributed by atoms with Gasteiger partial charge in [-0.1, -0.05) is 44.2 Å². The van der Waals surface area contributed by atoms with Crippen LogP contribution in [0.25, 0.3) is 0 Å². The minimum absolute atomic E-state index is 0.294. The van der Waals surface area contributed by atoms with E-state index in [1.807, 2.05) is 18.5 Å². The average molecular weight is 372 g/mol. The van der Waals surface area contributed by atoms with Crippen LogP contribution in [0.5, 0.6) is 0 Å². The predicted octanol–water partition coefficient (Wildman–Crippen LogP) is 2.26. The molecule has 1 aromatic heterocycles. The quantitative estimate of drug-likeness (QED) is 0.523. The highest BCUT2D eigenvalue weighted by atomic mass is 15.3. The third-order valence-electron chi connectivity index (χ3n) is 4.81. The molecule has 0 fully saturated rings. The van der Waals surface area contributed by atoms with Crippen molar-refractivity contribution in [2.24, 2.45) is 12.0 Å². The molecule has 0 spiro atoms. The van der Waals surface area contributed by atoms with Crippen LogP contribution in [0, 0.1) is 6.92 Å². The second-order valence-electron chi connectivity index (χ2n) is 6.45. The number of hydrogen-bond acceptors (Lipinski definition) is 4. The fourth-order valence-electron chi connectivity index (χ4n) is 3.07. The molecule has 148 valence electrons. The summed E-state index contributed by atoms with van der Waals surface area (Å²) >= 11 is 0. The molecule has 7 nitrogen and oxygen atoms in total. The summed E-state index contributed by atoms with van der Waals surface area (Å²) in [6.45, 7) is 12.5. The lowest BCUT2D eigenvalue weighted by molar-refractivity contribution is 0.219. The van der Waals surface area contributed by atoms with Crippen LogP contribution in [0.15, 0.2) is 35.3 Å². The lowest BCUT2D eigenvalue weighted by atomic mass is 10.1. The molecule has 0 aliphatic heterocycles. The monoisotopic (exact) mass is 371 g/mol. The normalized spacial score (nSPS) is 13.0. The third-order valence-corrected chi connectivity index (χ3v) is 4.81. The SMILES string of the molecule is CCNC(=NCc1nnc(C)n1C)NCC(c1ccccc1)N(CC)CC. The van der Waals surface area contributed by atoms with Gasteiger partial charge in [0.2, 0.25) is 0 Å². The van der Waals surface area contributed by atoms with Gasteiger partial charge < -0.3 is 15.2 Å². The van der Waals surface area contributed by atoms with Crippen LogP contribution < -0.4 is 10.6 Å². The van der Waals surface area contributed by atoms with E-state index in [9.17, 15) is 0 Å². The van der Waals surface area contributed by atoms with Crippen molar-refractivity contribution >= 4 is 5.96 Å². The number of likely N-dealkylation sites (N-methyl/N-ethyl adjacent to an activating group) is 1. The largest absolute Gasteiger partial charge is 0.357 e. The van der Waals surface area contributed by atoms with Crippen LogP contribution in [0.1, 0.15) is 44.0 Å². The topological polar surface area (TPSA) is 70.4 Å². The molecule has 7 heteroatoms. The standard InChI is InChI=1S/C20H33N7/c1-6-21-20(23-15-19-25-24-16(4)26(19)5)22-14-18(27(7-2)8-3)17-12-10-9-11-13-17/h9-13,18H,6-8,14-15H2,1-5H3,(H2,21,22,23). The third kappa shape index (κ3) is 5.79. The van der Waals surface area contributed by atoms with E-state index in [0.717, 1.165) is 43.8 Å². The van der Waals surface area contributed by atoms with Gasteiger partial charge in [-0.15, -0.1) is 10.2 Å². The van der Waals surface area contributed by atoms with Crippen molar-refractivity contribution in [3.63, 3.8) is 0 Å². The fourth-order valence-corrected chi connectivity index (χ4v) is 3.07. The van der Waals surface area contributed by atoms with Crippen LogP contribution in [-0.4, -0.2) is 51.8 Å². The maximum absolute atomic E-state index is 4.69. The second kappa shape index (κ2) is 10.7. The first-order chi connectivity index (χ1) is 13.1. The Balaban J connectivity index is 2.10. The Kier molecular flexibility index (Phi) is 8.26. The van der Waals surface area contributed by atoms with Gasteiger partial charge in [-0.05, 0) is 32.5 Å². The molecule has 0 bridgehead atoms. The van der Waals surface area contributed by atoms with Crippen LogP contribution in [0.4, 0.5) is 0 Å². The van der Waals surface area contributed by atoms with E-state index in [1.165, 1.54) is 5.56 Å². The first kappa shape index (κ1) is 20.9. The molecule has 1 heterocycles. The van der Waals surface area contributed by atoms with Gasteiger partial charge in [-0.3, -0.25) is 4.90 Å². The predicted molar refractivity (Wildman–Crippen MR) is 111 cm³/mol. The molecule has 0 aliphatic carbocycles. The van der Waals surface area contributed by atoms with Gasteiger partial charge in [0.1, 0.15) is 12.4 Å². The molecule has 0 saturated carbocycles. The molecule has 2 N–H and O–H groups in total. The van der Waals surface area contributed by atoms with E-state index < -0.39 is 0 Å². The van der Waals surface area contributed by atoms with Crippen LogP contribution >= 0.6 is 0 Å². The summed E-state index contributed by atoms with van der Waals surface area (Å²) in [7, 11) is 1.96. The summed E-state index contributed by atoms with van der Waals surface area (Å²) in [5, 5.41) is 15.1. The molecule has 0 amide bonds. The Morgan fingerprint density at radius 1 is 1.11 bits per heavy atom. The highest BCUT2D eigenvalue weighted by molar-refractivity contribution is 5.79. The zero-order valence-electron chi connectivity index (χ0n) is 17.2. The molecule has 0 saturated heterocycles. The Bertz CT molecular complexity index is 704. The van der Waals surface area contributed by atoms with E-state index in [1.54, 1.807) is 0 Å². The van der Waals surface area contributed by atoms with Crippen molar-refractivity contribution in [3.05, 3.63) is 47.5 Å². The Morgan fingerprint density at radius 3 is 2.37 bits per heavy atom. The number of nitrogens with one attached hydrogen (secondary N) is 2. The maximum atomic E-state index is 4.69. The van der Waals surface area contributed by atoms with E-state index in [4.69, 9.17) is 0 Å². The van der Waals surface area contributed by atoms with E-state index in [2.05, 4.69) is 81.8 Å². The molecule has 1 atom stereocenters. The molecule has 0 aliphatic rings. The summed E-state index contributed by atoms with van der Waals surface area (Å²) in [6, 6.07) is 10.9. The van der Waals surface area contributed by atoms with Crippen molar-refractivity contribution in [1.82, 2.24) is 30.3 Å². The molecular formula is C20H33N7. The van der Waals surface area contributed by atoms with E-state index in [0.29, 0.717) is 12.6 Å². The summed E-state index contributed by atoms with van der Waals surface area (Å²) in [6.07, 6.45) is 0. The van der Waals surface area contributed by atoms with Crippen LogP contribution in [0.3, 0.4) is 0 Å². The van der Waals surface area contributed by atoms with Gasteiger partial charge in [0.15, 0.2) is 11.8 Å². The average Bonchev–Trinajstić information content (AvgIpc) is 3.01. The van der Waals surface area contributed by atoms with Crippen molar-refractivity contribution in [2.75, 3.05) is 26.2 Å². The fraction of sp³-hybridized carbons (Fsp3) is 0.550. The number of rotatable bonds is 9. The summed E-state index contributed by atoms with van der Waals surface area (Å²) < 4.78 is 1.97. The highest BCUT2D eigenvalue weighted by Crippen LogP contribution is 2.19. The zero-order valence-corrected chi connectivity index (χ0v) is 17.2. The minimum atomic E-state index is 0.294. The number of aryl methyl sites for hydroxylation is 1. The minimum Gasteiger partial charge on any atom is -0.357 e. The lowest BCUT2D eigenvalue weighted by Crippen LogP contribution is -2.43. The molecule has 1 unspecified atom stereocenters. The summed E-state index contributed by atoms with van der Waals surface area (Å²) in [5.41, 5.74) is 1.31. The number of benzene rings is 1. The molecule has 0 radical (unpaired) electrons. The van der Waals surface area contributed by atoms with Crippen LogP contribution in [0.2, 0.25) is 0 Å². The van der Waals surface area contributed by atoms with Crippen molar-refractivity contribution in [2.45, 2.75) is 40.3 Å². The van der Waals surface area contributed by atoms with Gasteiger partial charge in [0.05, 0.1) is 6.04 Å². The second-order valence-corrected chi connectivity index (χ2v) is 6.45. The number of aliphatic imine (C=N–C) groups is 1. The number of guanidine groups is 1. The summed E-state index contributed by atoms with van der Waals surface area (Å²) in [5.74, 6) is 2.54. The van der Waals surface area contributed by atoms with Crippen molar-refractivity contribution < 1.29 is 0 Å². The van der Waals surface area contributed by atoms with Crippen LogP contribution in [-0.2, 0) is 13.6 Å². The molecule has 1 aromatic carbocycles. The number of aromatic nitrogens is 3. The van der Waals surface area contributed by atoms with Gasteiger partial charge in [0.25, 0.3) is 0 Å². The lowest BCUT2D eigenvalue weighted by Gasteiger charge is -2.30. The van der Waals surface area contributed by atoms with E-state index >= 15 is 0 Å². The zero-order chi connectivity index (χ0) is 19.6. The maximum Gasteiger partial charge on any atom is 0.191 e. The number of nitrogens with zero attached hydrogens (tertiary/aromatic N) is 5. The highest BCUT2D eigenvalue weighted by Gasteiger charge is 2.18. The van der Waals surface area contributed by atoms with Gasteiger partial charge in [-0.25, -0.2) is 4.99 Å². The Morgan fingerprint density at radius 2 is 1.81 bits per heavy atom. The summed E-state index contributed by atoms with van der Waals surface area (Å²) in [4.78, 5) is 7.14. The Labute approximate surface area is 162 Å². The molecule has 2 aromatic rings. The van der Waals surface area contributed by atoms with Crippen molar-refractivity contribution in [3.8, 4) is 0 Å².